The smallest absolute Gasteiger partial charge is 0.478 e. The molecule has 0 spiro atoms. The highest BCUT2D eigenvalue weighted by atomic mass is 35.5. The van der Waals surface area contributed by atoms with E-state index in [1.165, 1.54) is 12.1 Å². The lowest BCUT2D eigenvalue weighted by Crippen LogP contribution is -2.35. The third kappa shape index (κ3) is 4.63. The maximum absolute atomic E-state index is 13.0. The Hall–Kier alpha value is -0.860. The van der Waals surface area contributed by atoms with E-state index in [-0.39, 0.29) is 0 Å². The van der Waals surface area contributed by atoms with E-state index in [0.717, 1.165) is 12.1 Å². The van der Waals surface area contributed by atoms with Gasteiger partial charge < -0.3 is 5.11 Å². The van der Waals surface area contributed by atoms with Crippen molar-refractivity contribution in [3.63, 3.8) is 0 Å². The van der Waals surface area contributed by atoms with Gasteiger partial charge in [-0.3, -0.25) is 0 Å². The highest BCUT2D eigenvalue weighted by Crippen LogP contribution is 2.46. The van der Waals surface area contributed by atoms with Crippen LogP contribution < -0.4 is 4.31 Å². The normalized spacial score (nSPS) is 12.3. The summed E-state index contributed by atoms with van der Waals surface area (Å²) in [5.74, 6) is -1.60. The third-order valence-corrected chi connectivity index (χ3v) is 2.99. The first-order valence-corrected chi connectivity index (χ1v) is 6.00. The summed E-state index contributed by atoms with van der Waals surface area (Å²) >= 11 is 9.18. The quantitative estimate of drug-likeness (QED) is 0.382. The Kier molecular flexibility index (Phi) is 4.81. The molecule has 0 unspecified atom stereocenters. The van der Waals surface area contributed by atoms with Gasteiger partial charge in [-0.25, -0.2) is 9.10 Å². The van der Waals surface area contributed by atoms with Gasteiger partial charge in [0.25, 0.3) is 0 Å². The van der Waals surface area contributed by atoms with Gasteiger partial charge in [-0.1, -0.05) is 35.3 Å². The summed E-state index contributed by atoms with van der Waals surface area (Å²) in [5, 5.41) is 8.82. The molecule has 10 heteroatoms. The van der Waals surface area contributed by atoms with E-state index in [4.69, 9.17) is 28.3 Å². The standard InChI is InChI=1S/C9H5Cl2F4NO2S/c10-8(11,12)19-16(9(13,14)15)6-4-2-1-3-5(6)7(17)18/h1-4H,(H,17,18). The number of para-hydroxylation sites is 1. The molecule has 1 N–H and O–H groups in total. The first kappa shape index (κ1) is 16.2. The van der Waals surface area contributed by atoms with E-state index < -0.39 is 43.7 Å². The fraction of sp³-hybridized carbons (Fsp3) is 0.222. The molecule has 0 aliphatic rings. The number of carboxylic acid groups (broad SMARTS) is 1. The molecule has 0 atom stereocenters. The van der Waals surface area contributed by atoms with Gasteiger partial charge in [0.2, 0.25) is 0 Å². The molecule has 3 nitrogen and oxygen atoms in total. The molecule has 0 saturated carbocycles. The van der Waals surface area contributed by atoms with Crippen molar-refractivity contribution in [3.8, 4) is 0 Å². The lowest BCUT2D eigenvalue weighted by atomic mass is 10.2. The van der Waals surface area contributed by atoms with Gasteiger partial charge in [0, 0.05) is 11.9 Å². The van der Waals surface area contributed by atoms with E-state index in [1.807, 2.05) is 0 Å². The molecule has 0 amide bonds. The summed E-state index contributed by atoms with van der Waals surface area (Å²) in [5.41, 5.74) is -1.44. The molecule has 0 heterocycles. The van der Waals surface area contributed by atoms with E-state index in [1.54, 1.807) is 0 Å². The average Bonchev–Trinajstić information content (AvgIpc) is 2.23. The summed E-state index contributed by atoms with van der Waals surface area (Å²) in [6, 6.07) is 4.21. The van der Waals surface area contributed by atoms with E-state index in [2.05, 4.69) is 0 Å². The van der Waals surface area contributed by atoms with Crippen molar-refractivity contribution in [1.29, 1.82) is 0 Å². The van der Waals surface area contributed by atoms with Crippen LogP contribution in [0.25, 0.3) is 0 Å². The number of carbonyl (C=O) groups is 1. The van der Waals surface area contributed by atoms with Crippen molar-refractivity contribution in [1.82, 2.24) is 0 Å². The van der Waals surface area contributed by atoms with Crippen molar-refractivity contribution in [2.45, 2.75) is 10.2 Å². The Balaban J connectivity index is 3.30. The molecule has 0 aliphatic heterocycles. The number of nitrogens with zero attached hydrogens (tertiary/aromatic N) is 1. The molecule has 1 rings (SSSR count). The van der Waals surface area contributed by atoms with Gasteiger partial charge in [-0.05, 0) is 12.1 Å². The first-order valence-electron chi connectivity index (χ1n) is 4.47. The second-order valence-corrected chi connectivity index (χ2v) is 5.92. The van der Waals surface area contributed by atoms with Crippen LogP contribution in [0.2, 0.25) is 0 Å². The van der Waals surface area contributed by atoms with Gasteiger partial charge in [0.05, 0.1) is 11.3 Å². The third-order valence-electron chi connectivity index (χ3n) is 1.78. The molecular formula is C9H5Cl2F4NO2S. The monoisotopic (exact) mass is 337 g/mol. The summed E-state index contributed by atoms with van der Waals surface area (Å²) in [7, 11) is 0. The maximum Gasteiger partial charge on any atom is 0.495 e. The van der Waals surface area contributed by atoms with Gasteiger partial charge in [0.1, 0.15) is 0 Å². The number of carboxylic acids is 1. The van der Waals surface area contributed by atoms with Crippen LogP contribution in [-0.4, -0.2) is 21.3 Å². The molecule has 0 aromatic heterocycles. The number of hydrogen-bond acceptors (Lipinski definition) is 3. The predicted octanol–water partition coefficient (Wildman–Crippen LogP) is 4.42. The Labute approximate surface area is 119 Å². The summed E-state index contributed by atoms with van der Waals surface area (Å²) in [6.07, 6.45) is -5.07. The van der Waals surface area contributed by atoms with Crippen LogP contribution in [0.3, 0.4) is 0 Å². The number of rotatable bonds is 4. The molecule has 0 saturated heterocycles. The van der Waals surface area contributed by atoms with E-state index >= 15 is 0 Å². The SMILES string of the molecule is O=C(O)c1ccccc1N(SC(F)(Cl)Cl)C(F)(F)F. The molecule has 0 aliphatic carbocycles. The summed E-state index contributed by atoms with van der Waals surface area (Å²) in [4.78, 5) is 10.9. The first-order chi connectivity index (χ1) is 8.52. The number of anilines is 1. The molecule has 0 bridgehead atoms. The fourth-order valence-corrected chi connectivity index (χ4v) is 2.15. The second kappa shape index (κ2) is 5.64. The minimum atomic E-state index is -5.07. The number of halogens is 6. The van der Waals surface area contributed by atoms with Crippen LogP contribution in [0.1, 0.15) is 10.4 Å². The van der Waals surface area contributed by atoms with Gasteiger partial charge in [-0.2, -0.15) is 4.39 Å². The topological polar surface area (TPSA) is 40.5 Å². The Bertz CT molecular complexity index is 478. The van der Waals surface area contributed by atoms with E-state index in [0.29, 0.717) is 0 Å². The molecule has 0 fully saturated rings. The lowest BCUT2D eigenvalue weighted by Gasteiger charge is -2.28. The van der Waals surface area contributed by atoms with Crippen LogP contribution in [0.15, 0.2) is 24.3 Å². The largest absolute Gasteiger partial charge is 0.495 e. The van der Waals surface area contributed by atoms with Crippen molar-refractivity contribution in [2.75, 3.05) is 4.31 Å². The Morgan fingerprint density at radius 3 is 2.16 bits per heavy atom. The second-order valence-electron chi connectivity index (χ2n) is 3.12. The zero-order valence-corrected chi connectivity index (χ0v) is 11.1. The number of hydrogen-bond donors (Lipinski definition) is 1. The van der Waals surface area contributed by atoms with E-state index in [9.17, 15) is 22.4 Å². The van der Waals surface area contributed by atoms with Crippen molar-refractivity contribution in [3.05, 3.63) is 29.8 Å². The van der Waals surface area contributed by atoms with Crippen LogP contribution >= 0.6 is 35.1 Å². The molecule has 19 heavy (non-hydrogen) atoms. The Morgan fingerprint density at radius 2 is 1.74 bits per heavy atom. The van der Waals surface area contributed by atoms with Crippen LogP contribution in [0, 0.1) is 0 Å². The molecular weight excluding hydrogens is 333 g/mol. The minimum Gasteiger partial charge on any atom is -0.478 e. The maximum atomic E-state index is 13.0. The fourth-order valence-electron chi connectivity index (χ4n) is 1.17. The molecule has 1 aromatic carbocycles. The average molecular weight is 338 g/mol. The zero-order chi connectivity index (χ0) is 14.8. The highest BCUT2D eigenvalue weighted by molar-refractivity contribution is 8.04. The van der Waals surface area contributed by atoms with Crippen LogP contribution in [0.5, 0.6) is 0 Å². The number of benzene rings is 1. The van der Waals surface area contributed by atoms with Crippen molar-refractivity contribution >= 4 is 46.8 Å². The van der Waals surface area contributed by atoms with Gasteiger partial charge >= 0.3 is 16.2 Å². The van der Waals surface area contributed by atoms with Crippen molar-refractivity contribution < 1.29 is 27.5 Å². The molecule has 0 radical (unpaired) electrons. The van der Waals surface area contributed by atoms with Crippen molar-refractivity contribution in [2.24, 2.45) is 0 Å². The Morgan fingerprint density at radius 1 is 1.21 bits per heavy atom. The summed E-state index contributed by atoms with van der Waals surface area (Å²) < 4.78 is 47.6. The number of aromatic carboxylic acids is 1. The van der Waals surface area contributed by atoms with Crippen LogP contribution in [-0.2, 0) is 0 Å². The summed E-state index contributed by atoms with van der Waals surface area (Å²) in [6.45, 7) is 0. The number of alkyl halides is 6. The highest BCUT2D eigenvalue weighted by Gasteiger charge is 2.45. The van der Waals surface area contributed by atoms with Crippen LogP contribution in [0.4, 0.5) is 23.2 Å². The molecule has 1 aromatic rings. The van der Waals surface area contributed by atoms with Gasteiger partial charge in [-0.15, -0.1) is 13.2 Å². The predicted molar refractivity (Wildman–Crippen MR) is 65.1 cm³/mol. The lowest BCUT2D eigenvalue weighted by molar-refractivity contribution is -0.114. The zero-order valence-electron chi connectivity index (χ0n) is 8.79. The van der Waals surface area contributed by atoms with Gasteiger partial charge in [0.15, 0.2) is 0 Å². The molecule has 106 valence electrons. The minimum absolute atomic E-state index is 0.545.